The minimum absolute atomic E-state index is 0.0231. The first-order valence-corrected chi connectivity index (χ1v) is 11.2. The maximum atomic E-state index is 13.2. The number of likely N-dealkylation sites (N-methyl/N-ethyl adjacent to an activating group) is 1. The molecule has 3 nitrogen and oxygen atoms in total. The van der Waals surface area contributed by atoms with Crippen LogP contribution in [-0.4, -0.2) is 43.9 Å². The first-order valence-electron chi connectivity index (χ1n) is 11.2. The van der Waals surface area contributed by atoms with Crippen LogP contribution in [0.25, 0.3) is 11.1 Å². The van der Waals surface area contributed by atoms with E-state index in [0.717, 1.165) is 46.7 Å². The summed E-state index contributed by atoms with van der Waals surface area (Å²) in [6.45, 7) is 1.37. The molecule has 0 aliphatic heterocycles. The zero-order valence-electron chi connectivity index (χ0n) is 19.5. The molecular formula is C28H30F3NO2. The monoisotopic (exact) mass is 469 g/mol. The Bertz CT molecular complexity index is 1060. The van der Waals surface area contributed by atoms with Crippen molar-refractivity contribution in [3.8, 4) is 5.75 Å². The quantitative estimate of drug-likeness (QED) is 0.350. The zero-order chi connectivity index (χ0) is 24.6. The lowest BCUT2D eigenvalue weighted by Crippen LogP contribution is -2.19. The van der Waals surface area contributed by atoms with Gasteiger partial charge in [0.2, 0.25) is 0 Å². The molecule has 0 aromatic heterocycles. The fourth-order valence-electron chi connectivity index (χ4n) is 3.71. The molecule has 0 atom stereocenters. The van der Waals surface area contributed by atoms with Gasteiger partial charge in [-0.3, -0.25) is 0 Å². The van der Waals surface area contributed by atoms with Gasteiger partial charge in [-0.1, -0.05) is 54.6 Å². The Morgan fingerprint density at radius 1 is 0.824 bits per heavy atom. The van der Waals surface area contributed by atoms with E-state index in [4.69, 9.17) is 4.74 Å². The molecule has 0 amide bonds. The van der Waals surface area contributed by atoms with Crippen molar-refractivity contribution in [3.05, 3.63) is 101 Å². The third-order valence-corrected chi connectivity index (χ3v) is 5.46. The lowest BCUT2D eigenvalue weighted by molar-refractivity contribution is -0.137. The summed E-state index contributed by atoms with van der Waals surface area (Å²) >= 11 is 0. The van der Waals surface area contributed by atoms with Gasteiger partial charge in [0.1, 0.15) is 12.4 Å². The van der Waals surface area contributed by atoms with Crippen LogP contribution in [0.15, 0.2) is 78.9 Å². The normalized spacial score (nSPS) is 12.6. The standard InChI is InChI=1S/C28H30F3NO2/c1-32(2)18-20-34-25-16-12-23(13-17-25)27(22-10-14-24(15-11-22)28(29,30)31)26(9-6-19-33)21-7-4-3-5-8-21/h3-5,7-8,10-17,33H,6,9,18-20H2,1-2H3. The number of hydrogen-bond acceptors (Lipinski definition) is 3. The number of nitrogens with zero attached hydrogens (tertiary/aromatic N) is 1. The zero-order valence-corrected chi connectivity index (χ0v) is 19.5. The van der Waals surface area contributed by atoms with E-state index in [-0.39, 0.29) is 6.61 Å². The number of aliphatic hydroxyl groups is 1. The number of aliphatic hydroxyl groups excluding tert-OH is 1. The largest absolute Gasteiger partial charge is 0.492 e. The van der Waals surface area contributed by atoms with Gasteiger partial charge in [-0.25, -0.2) is 0 Å². The van der Waals surface area contributed by atoms with Crippen molar-refractivity contribution in [1.29, 1.82) is 0 Å². The molecule has 0 fully saturated rings. The van der Waals surface area contributed by atoms with Crippen molar-refractivity contribution in [1.82, 2.24) is 4.90 Å². The number of rotatable bonds is 10. The van der Waals surface area contributed by atoms with Gasteiger partial charge in [-0.05, 0) is 79.0 Å². The Balaban J connectivity index is 2.09. The molecule has 6 heteroatoms. The maximum absolute atomic E-state index is 13.2. The Hall–Kier alpha value is -3.09. The highest BCUT2D eigenvalue weighted by Crippen LogP contribution is 2.37. The van der Waals surface area contributed by atoms with Crippen LogP contribution in [0.3, 0.4) is 0 Å². The van der Waals surface area contributed by atoms with E-state index in [9.17, 15) is 18.3 Å². The molecule has 1 N–H and O–H groups in total. The van der Waals surface area contributed by atoms with Crippen LogP contribution in [0, 0.1) is 0 Å². The summed E-state index contributed by atoms with van der Waals surface area (Å²) in [6.07, 6.45) is -3.27. The van der Waals surface area contributed by atoms with E-state index in [1.54, 1.807) is 0 Å². The van der Waals surface area contributed by atoms with Crippen LogP contribution in [0.2, 0.25) is 0 Å². The number of ether oxygens (including phenoxy) is 1. The van der Waals surface area contributed by atoms with Gasteiger partial charge in [0.15, 0.2) is 0 Å². The molecule has 0 bridgehead atoms. The summed E-state index contributed by atoms with van der Waals surface area (Å²) in [5.41, 5.74) is 3.65. The lowest BCUT2D eigenvalue weighted by Gasteiger charge is -2.18. The summed E-state index contributed by atoms with van der Waals surface area (Å²) in [5.74, 6) is 0.731. The first kappa shape index (κ1) is 25.5. The molecule has 34 heavy (non-hydrogen) atoms. The van der Waals surface area contributed by atoms with Crippen molar-refractivity contribution < 1.29 is 23.0 Å². The fraction of sp³-hybridized carbons (Fsp3) is 0.286. The second-order valence-electron chi connectivity index (χ2n) is 8.30. The van der Waals surface area contributed by atoms with Crippen molar-refractivity contribution in [2.75, 3.05) is 33.9 Å². The summed E-state index contributed by atoms with van der Waals surface area (Å²) in [6, 6.07) is 22.6. The molecule has 180 valence electrons. The predicted octanol–water partition coefficient (Wildman–Crippen LogP) is 6.38. The highest BCUT2D eigenvalue weighted by Gasteiger charge is 2.30. The van der Waals surface area contributed by atoms with Crippen LogP contribution in [-0.2, 0) is 6.18 Å². The predicted molar refractivity (Wildman–Crippen MR) is 131 cm³/mol. The van der Waals surface area contributed by atoms with Gasteiger partial charge in [-0.2, -0.15) is 13.2 Å². The molecule has 0 saturated heterocycles. The average Bonchev–Trinajstić information content (AvgIpc) is 2.82. The molecule has 0 saturated carbocycles. The average molecular weight is 470 g/mol. The minimum Gasteiger partial charge on any atom is -0.492 e. The van der Waals surface area contributed by atoms with Gasteiger partial charge in [-0.15, -0.1) is 0 Å². The van der Waals surface area contributed by atoms with Gasteiger partial charge in [0, 0.05) is 13.2 Å². The van der Waals surface area contributed by atoms with Crippen molar-refractivity contribution >= 4 is 11.1 Å². The highest BCUT2D eigenvalue weighted by atomic mass is 19.4. The van der Waals surface area contributed by atoms with Crippen molar-refractivity contribution in [2.24, 2.45) is 0 Å². The second kappa shape index (κ2) is 11.9. The molecule has 0 aliphatic carbocycles. The van der Waals surface area contributed by atoms with E-state index in [2.05, 4.69) is 0 Å². The molecule has 0 unspecified atom stereocenters. The van der Waals surface area contributed by atoms with Gasteiger partial charge < -0.3 is 14.7 Å². The Morgan fingerprint density at radius 2 is 1.41 bits per heavy atom. The van der Waals surface area contributed by atoms with Crippen LogP contribution < -0.4 is 4.74 Å². The third kappa shape index (κ3) is 6.95. The third-order valence-electron chi connectivity index (χ3n) is 5.46. The van der Waals surface area contributed by atoms with Crippen LogP contribution >= 0.6 is 0 Å². The molecule has 0 radical (unpaired) electrons. The summed E-state index contributed by atoms with van der Waals surface area (Å²) in [5, 5.41) is 9.50. The SMILES string of the molecule is CN(C)CCOc1ccc(C(=C(CCCO)c2ccccc2)c2ccc(C(F)(F)F)cc2)cc1. The maximum Gasteiger partial charge on any atom is 0.416 e. The number of hydrogen-bond donors (Lipinski definition) is 1. The second-order valence-corrected chi connectivity index (χ2v) is 8.30. The lowest BCUT2D eigenvalue weighted by atomic mass is 9.87. The topological polar surface area (TPSA) is 32.7 Å². The smallest absolute Gasteiger partial charge is 0.416 e. The van der Waals surface area contributed by atoms with Crippen LogP contribution in [0.4, 0.5) is 13.2 Å². The van der Waals surface area contributed by atoms with Gasteiger partial charge in [0.05, 0.1) is 5.56 Å². The van der Waals surface area contributed by atoms with E-state index in [1.807, 2.05) is 73.6 Å². The van der Waals surface area contributed by atoms with Crippen molar-refractivity contribution in [3.63, 3.8) is 0 Å². The first-order chi connectivity index (χ1) is 16.3. The molecule has 3 aromatic rings. The Labute approximate surface area is 199 Å². The van der Waals surface area contributed by atoms with E-state index >= 15 is 0 Å². The molecule has 0 aliphatic rings. The molecular weight excluding hydrogens is 439 g/mol. The Kier molecular flexibility index (Phi) is 8.91. The molecule has 0 heterocycles. The Morgan fingerprint density at radius 3 is 1.94 bits per heavy atom. The number of benzene rings is 3. The number of halogens is 3. The minimum atomic E-state index is -4.40. The summed E-state index contributed by atoms with van der Waals surface area (Å²) in [7, 11) is 3.95. The summed E-state index contributed by atoms with van der Waals surface area (Å²) < 4.78 is 45.3. The number of allylic oxidation sites excluding steroid dienone is 1. The fourth-order valence-corrected chi connectivity index (χ4v) is 3.71. The van der Waals surface area contributed by atoms with Crippen LogP contribution in [0.1, 0.15) is 35.1 Å². The van der Waals surface area contributed by atoms with E-state index in [1.165, 1.54) is 12.1 Å². The van der Waals surface area contributed by atoms with E-state index in [0.29, 0.717) is 25.0 Å². The van der Waals surface area contributed by atoms with Crippen molar-refractivity contribution in [2.45, 2.75) is 19.0 Å². The van der Waals surface area contributed by atoms with Crippen LogP contribution in [0.5, 0.6) is 5.75 Å². The van der Waals surface area contributed by atoms with Gasteiger partial charge in [0.25, 0.3) is 0 Å². The molecule has 3 rings (SSSR count). The molecule has 3 aromatic carbocycles. The highest BCUT2D eigenvalue weighted by molar-refractivity contribution is 5.98. The van der Waals surface area contributed by atoms with E-state index < -0.39 is 11.7 Å². The molecule has 0 spiro atoms. The van der Waals surface area contributed by atoms with Gasteiger partial charge >= 0.3 is 6.18 Å². The summed E-state index contributed by atoms with van der Waals surface area (Å²) in [4.78, 5) is 2.03. The number of alkyl halides is 3.